The van der Waals surface area contributed by atoms with Gasteiger partial charge in [0.05, 0.1) is 0 Å². The highest BCUT2D eigenvalue weighted by atomic mass is 127. The molecule has 0 heterocycles. The molecule has 5 heavy (non-hydrogen) atoms. The molecule has 0 aromatic rings. The maximum atomic E-state index is 5.45. The quantitative estimate of drug-likeness (QED) is 0.453. The smallest absolute Gasteiger partial charge is 0.0397 e. The van der Waals surface area contributed by atoms with Crippen molar-refractivity contribution < 1.29 is 0 Å². The predicted octanol–water partition coefficient (Wildman–Crippen LogP) is 2.05. The minimum Gasteiger partial charge on any atom is -0.122 e. The molecule has 1 atom stereocenters. The first-order chi connectivity index (χ1) is 2.27. The van der Waals surface area contributed by atoms with Gasteiger partial charge in [-0.3, -0.25) is 0 Å². The molecule has 0 aliphatic rings. The van der Waals surface area contributed by atoms with Gasteiger partial charge in [0.15, 0.2) is 0 Å². The molecule has 0 rings (SSSR count). The van der Waals surface area contributed by atoms with Gasteiger partial charge >= 0.3 is 0 Å². The van der Waals surface area contributed by atoms with Crippen LogP contribution in [0.5, 0.6) is 0 Å². The molecule has 0 aromatic carbocycles. The Labute approximate surface area is 51.0 Å². The molecule has 0 saturated heterocycles. The largest absolute Gasteiger partial charge is 0.122 e. The zero-order valence-electron chi connectivity index (χ0n) is 3.04. The molecule has 0 N–H and O–H groups in total. The summed E-state index contributed by atoms with van der Waals surface area (Å²) < 4.78 is 1.04. The summed E-state index contributed by atoms with van der Waals surface area (Å²) in [7, 11) is 0. The van der Waals surface area contributed by atoms with Gasteiger partial charge in [-0.05, 0) is 6.92 Å². The number of rotatable bonds is 1. The molecule has 1 unspecified atom stereocenters. The maximum Gasteiger partial charge on any atom is 0.0397 e. The van der Waals surface area contributed by atoms with Crippen LogP contribution in [0.25, 0.3) is 0 Å². The van der Waals surface area contributed by atoms with Gasteiger partial charge in [0.1, 0.15) is 0 Å². The van der Waals surface area contributed by atoms with Gasteiger partial charge in [-0.2, -0.15) is 0 Å². The second kappa shape index (κ2) is 3.22. The Morgan fingerprint density at radius 2 is 2.20 bits per heavy atom. The molecular weight excluding hydrogens is 198 g/mol. The van der Waals surface area contributed by atoms with Crippen molar-refractivity contribution >= 4 is 34.2 Å². The van der Waals surface area contributed by atoms with Crippen molar-refractivity contribution in [3.05, 3.63) is 0 Å². The fourth-order valence-corrected chi connectivity index (χ4v) is 0. The summed E-state index contributed by atoms with van der Waals surface area (Å²) in [5.41, 5.74) is 0. The molecule has 0 saturated carbocycles. The molecule has 0 amide bonds. The molecule has 0 spiro atoms. The van der Waals surface area contributed by atoms with Crippen LogP contribution in [0, 0.1) is 0 Å². The number of hydrogen-bond acceptors (Lipinski definition) is 0. The highest BCUT2D eigenvalue weighted by Gasteiger charge is 1.84. The van der Waals surface area contributed by atoms with Crippen LogP contribution in [-0.2, 0) is 0 Å². The van der Waals surface area contributed by atoms with E-state index < -0.39 is 0 Å². The molecule has 0 aliphatic heterocycles. The third-order valence-corrected chi connectivity index (χ3v) is 2.21. The van der Waals surface area contributed by atoms with Gasteiger partial charge in [0.25, 0.3) is 0 Å². The summed E-state index contributed by atoms with van der Waals surface area (Å²) >= 11 is 7.70. The molecule has 32 valence electrons. The summed E-state index contributed by atoms with van der Waals surface area (Å²) in [4.78, 5) is 0. The first-order valence-corrected chi connectivity index (χ1v) is 3.43. The highest BCUT2D eigenvalue weighted by Crippen LogP contribution is 1.96. The average molecular weight is 204 g/mol. The van der Waals surface area contributed by atoms with Crippen molar-refractivity contribution in [3.63, 3.8) is 0 Å². The van der Waals surface area contributed by atoms with E-state index in [1.165, 1.54) is 0 Å². The van der Waals surface area contributed by atoms with Crippen LogP contribution in [0.1, 0.15) is 6.92 Å². The molecular formula is C3H6ClI. The summed E-state index contributed by atoms with van der Waals surface area (Å²) in [6, 6.07) is 0. The third-order valence-electron chi connectivity index (χ3n) is 0.213. The fourth-order valence-electron chi connectivity index (χ4n) is 0. The van der Waals surface area contributed by atoms with E-state index in [4.69, 9.17) is 11.6 Å². The summed E-state index contributed by atoms with van der Waals surface area (Å²) in [6.45, 7) is 1.98. The molecule has 2 heteroatoms. The summed E-state index contributed by atoms with van der Waals surface area (Å²) in [5.74, 6) is 0. The van der Waals surface area contributed by atoms with Crippen molar-refractivity contribution in [1.29, 1.82) is 0 Å². The van der Waals surface area contributed by atoms with E-state index in [-0.39, 0.29) is 0 Å². The lowest BCUT2D eigenvalue weighted by molar-refractivity contribution is 1.14. The molecule has 0 nitrogen and oxygen atoms in total. The highest BCUT2D eigenvalue weighted by molar-refractivity contribution is 14.1. The first-order valence-electron chi connectivity index (χ1n) is 1.47. The lowest BCUT2D eigenvalue weighted by Crippen LogP contribution is -1.86. The molecule has 0 fully saturated rings. The SMILES string of the molecule is CC(Cl)CI. The minimum absolute atomic E-state index is 0.343. The van der Waals surface area contributed by atoms with Crippen LogP contribution in [0.2, 0.25) is 0 Å². The van der Waals surface area contributed by atoms with E-state index >= 15 is 0 Å². The molecule has 0 bridgehead atoms. The van der Waals surface area contributed by atoms with E-state index in [9.17, 15) is 0 Å². The summed E-state index contributed by atoms with van der Waals surface area (Å²) in [6.07, 6.45) is 0. The van der Waals surface area contributed by atoms with E-state index in [1.807, 2.05) is 6.92 Å². The van der Waals surface area contributed by atoms with Crippen molar-refractivity contribution in [2.24, 2.45) is 0 Å². The Morgan fingerprint density at radius 3 is 2.20 bits per heavy atom. The van der Waals surface area contributed by atoms with Gasteiger partial charge in [0.2, 0.25) is 0 Å². The van der Waals surface area contributed by atoms with Crippen molar-refractivity contribution in [2.75, 3.05) is 4.43 Å². The van der Waals surface area contributed by atoms with Crippen molar-refractivity contribution in [1.82, 2.24) is 0 Å². The lowest BCUT2D eigenvalue weighted by atomic mass is 10.6. The second-order valence-corrected chi connectivity index (χ2v) is 2.56. The Hall–Kier alpha value is 1.02. The van der Waals surface area contributed by atoms with Crippen LogP contribution in [-0.4, -0.2) is 9.80 Å². The normalized spacial score (nSPS) is 15.0. The topological polar surface area (TPSA) is 0 Å². The van der Waals surface area contributed by atoms with Crippen LogP contribution in [0.4, 0.5) is 0 Å². The standard InChI is InChI=1S/C3H6ClI/c1-3(4)2-5/h3H,2H2,1H3. The lowest BCUT2D eigenvalue weighted by Gasteiger charge is -1.85. The number of hydrogen-bond donors (Lipinski definition) is 0. The summed E-state index contributed by atoms with van der Waals surface area (Å²) in [5, 5.41) is 0.343. The Balaban J connectivity index is 2.54. The first kappa shape index (κ1) is 6.02. The van der Waals surface area contributed by atoms with Gasteiger partial charge in [-0.15, -0.1) is 11.6 Å². The monoisotopic (exact) mass is 204 g/mol. The third kappa shape index (κ3) is 5.02. The van der Waals surface area contributed by atoms with Crippen LogP contribution in [0.15, 0.2) is 0 Å². The molecule has 0 aliphatic carbocycles. The molecule has 0 radical (unpaired) electrons. The number of halogens is 2. The zero-order valence-corrected chi connectivity index (χ0v) is 5.95. The van der Waals surface area contributed by atoms with E-state index in [1.54, 1.807) is 0 Å². The number of alkyl halides is 2. The fraction of sp³-hybridized carbons (Fsp3) is 1.00. The van der Waals surface area contributed by atoms with E-state index in [0.29, 0.717) is 5.38 Å². The second-order valence-electron chi connectivity index (χ2n) is 0.935. The average Bonchev–Trinajstić information content (AvgIpc) is 1.38. The minimum atomic E-state index is 0.343. The predicted molar refractivity (Wildman–Crippen MR) is 34.2 cm³/mol. The Kier molecular flexibility index (Phi) is 3.88. The van der Waals surface area contributed by atoms with E-state index in [2.05, 4.69) is 22.6 Å². The Bertz CT molecular complexity index is 20.9. The van der Waals surface area contributed by atoms with Gasteiger partial charge in [-0.1, -0.05) is 22.6 Å². The van der Waals surface area contributed by atoms with Gasteiger partial charge < -0.3 is 0 Å². The van der Waals surface area contributed by atoms with Crippen LogP contribution < -0.4 is 0 Å². The van der Waals surface area contributed by atoms with Crippen molar-refractivity contribution in [2.45, 2.75) is 12.3 Å². The maximum absolute atomic E-state index is 5.45. The zero-order chi connectivity index (χ0) is 4.28. The van der Waals surface area contributed by atoms with Gasteiger partial charge in [-0.25, -0.2) is 0 Å². The van der Waals surface area contributed by atoms with Gasteiger partial charge in [0, 0.05) is 9.80 Å². The van der Waals surface area contributed by atoms with E-state index in [0.717, 1.165) is 4.43 Å². The van der Waals surface area contributed by atoms with Crippen LogP contribution in [0.3, 0.4) is 0 Å². The van der Waals surface area contributed by atoms with Crippen LogP contribution >= 0.6 is 34.2 Å². The Morgan fingerprint density at radius 1 is 2.00 bits per heavy atom. The van der Waals surface area contributed by atoms with Crippen molar-refractivity contribution in [3.8, 4) is 0 Å². The molecule has 0 aromatic heterocycles.